The number of anilines is 1. The Morgan fingerprint density at radius 1 is 1.42 bits per heavy atom. The number of pyridine rings is 1. The van der Waals surface area contributed by atoms with Crippen molar-refractivity contribution >= 4 is 44.4 Å². The molecule has 1 fully saturated rings. The number of thiazole rings is 1. The Labute approximate surface area is 205 Å². The van der Waals surface area contributed by atoms with Gasteiger partial charge in [-0.2, -0.15) is 18.2 Å². The maximum absolute atomic E-state index is 13.0. The zero-order valence-corrected chi connectivity index (χ0v) is 20.1. The molecule has 1 aliphatic rings. The normalized spacial score (nSPS) is 18.4. The summed E-state index contributed by atoms with van der Waals surface area (Å²) in [7, 11) is -5.01. The molecule has 17 nitrogen and oxygen atoms in total. The minimum absolute atomic E-state index is 0.0414. The van der Waals surface area contributed by atoms with Crippen LogP contribution in [0, 0.1) is 0 Å². The number of oxime groups is 1. The monoisotopic (exact) mass is 548 g/mol. The summed E-state index contributed by atoms with van der Waals surface area (Å²) in [5, 5.41) is 36.7. The Morgan fingerprint density at radius 3 is 2.61 bits per heavy atom. The van der Waals surface area contributed by atoms with Crippen molar-refractivity contribution in [3.05, 3.63) is 39.3 Å². The number of carbonyl (C=O) groups is 2. The van der Waals surface area contributed by atoms with Crippen LogP contribution in [-0.2, 0) is 29.1 Å². The Morgan fingerprint density at radius 2 is 2.08 bits per heavy atom. The second-order valence-electron chi connectivity index (χ2n) is 7.77. The molecule has 0 spiro atoms. The molecule has 0 saturated carbocycles. The molecule has 196 valence electrons. The standard InChI is InChI=1S/C17H20N6O11S2/c1-17(2)13(15(28)23(17)34-36(30,31)32)20-14(27)12(7-6-35-16(18)19-7)21-33-11(5-24)8-3-9(25)10(26)4-22(8)29/h3-4,6,11,13,24,26,29H,5H2,1-2H3,(H2,18,19)(H,20,27)(H,30,31,32)/b21-12-/t11?,13-/m1/s1. The zero-order chi connectivity index (χ0) is 27.0. The molecule has 2 amide bonds. The van der Waals surface area contributed by atoms with Gasteiger partial charge in [0.25, 0.3) is 11.8 Å². The predicted molar refractivity (Wildman–Crippen MR) is 119 cm³/mol. The second-order valence-corrected chi connectivity index (χ2v) is 9.67. The molecule has 3 rings (SSSR count). The molecule has 1 saturated heterocycles. The molecule has 2 atom stereocenters. The van der Waals surface area contributed by atoms with Crippen molar-refractivity contribution in [2.75, 3.05) is 12.3 Å². The first-order valence-electron chi connectivity index (χ1n) is 9.68. The SMILES string of the molecule is CC1(C)[C@H](NC(=O)/C(=N\OC(CO)c2cc(=O)c(O)cn2O)c2csc(N)n2)C(=O)N1OS(=O)(=O)O. The first kappa shape index (κ1) is 26.8. The van der Waals surface area contributed by atoms with Crippen LogP contribution in [0.4, 0.5) is 5.13 Å². The molecule has 3 heterocycles. The van der Waals surface area contributed by atoms with E-state index in [1.54, 1.807) is 0 Å². The molecule has 0 aromatic carbocycles. The van der Waals surface area contributed by atoms with Crippen LogP contribution in [0.2, 0.25) is 0 Å². The van der Waals surface area contributed by atoms with E-state index in [1.807, 2.05) is 0 Å². The number of aliphatic hydroxyl groups excluding tert-OH is 1. The first-order valence-corrected chi connectivity index (χ1v) is 11.9. The van der Waals surface area contributed by atoms with E-state index in [-0.39, 0.29) is 16.5 Å². The lowest BCUT2D eigenvalue weighted by atomic mass is 9.84. The number of hydrogen-bond donors (Lipinski definition) is 6. The molecule has 0 radical (unpaired) electrons. The van der Waals surface area contributed by atoms with Gasteiger partial charge in [0.2, 0.25) is 5.43 Å². The van der Waals surface area contributed by atoms with Crippen molar-refractivity contribution in [3.8, 4) is 5.75 Å². The van der Waals surface area contributed by atoms with Crippen LogP contribution in [-0.4, -0.2) is 78.9 Å². The van der Waals surface area contributed by atoms with E-state index >= 15 is 0 Å². The fourth-order valence-corrected chi connectivity index (χ4v) is 4.09. The number of aliphatic hydroxyl groups is 1. The summed E-state index contributed by atoms with van der Waals surface area (Å²) < 4.78 is 35.3. The lowest BCUT2D eigenvalue weighted by Gasteiger charge is -2.50. The number of β-lactam (4-membered cyclic amide) rings is 1. The highest BCUT2D eigenvalue weighted by Gasteiger charge is 2.58. The van der Waals surface area contributed by atoms with Crippen molar-refractivity contribution in [1.82, 2.24) is 20.1 Å². The smallest absolute Gasteiger partial charge is 0.418 e. The number of nitrogens with two attached hydrogens (primary N) is 1. The van der Waals surface area contributed by atoms with E-state index < -0.39 is 63.4 Å². The number of nitrogens with one attached hydrogen (secondary N) is 1. The fraction of sp³-hybridized carbons (Fsp3) is 0.353. The summed E-state index contributed by atoms with van der Waals surface area (Å²) in [6.45, 7) is 1.84. The van der Waals surface area contributed by atoms with Gasteiger partial charge in [-0.05, 0) is 13.8 Å². The van der Waals surface area contributed by atoms with Gasteiger partial charge in [0.15, 0.2) is 22.7 Å². The summed E-state index contributed by atoms with van der Waals surface area (Å²) in [6, 6.07) is -0.563. The summed E-state index contributed by atoms with van der Waals surface area (Å²) in [4.78, 5) is 46.1. The number of hydroxylamine groups is 2. The van der Waals surface area contributed by atoms with Crippen LogP contribution in [0.5, 0.6) is 5.75 Å². The number of aromatic nitrogens is 2. The van der Waals surface area contributed by atoms with Gasteiger partial charge in [-0.15, -0.1) is 15.6 Å². The molecule has 1 unspecified atom stereocenters. The van der Waals surface area contributed by atoms with E-state index in [2.05, 4.69) is 19.7 Å². The van der Waals surface area contributed by atoms with Crippen LogP contribution in [0.3, 0.4) is 0 Å². The number of hydrogen-bond acceptors (Lipinski definition) is 14. The quantitative estimate of drug-likeness (QED) is 0.0660. The van der Waals surface area contributed by atoms with Crippen molar-refractivity contribution in [1.29, 1.82) is 0 Å². The topological polar surface area (TPSA) is 256 Å². The molecule has 7 N–H and O–H groups in total. The summed E-state index contributed by atoms with van der Waals surface area (Å²) in [6.07, 6.45) is -0.838. The Hall–Kier alpha value is -3.78. The molecule has 2 aromatic heterocycles. The Kier molecular flexibility index (Phi) is 7.22. The Bertz CT molecular complexity index is 1380. The van der Waals surface area contributed by atoms with E-state index in [0.29, 0.717) is 16.0 Å². The van der Waals surface area contributed by atoms with Gasteiger partial charge in [0.1, 0.15) is 17.4 Å². The summed E-state index contributed by atoms with van der Waals surface area (Å²) in [5.74, 6) is -2.83. The number of nitrogens with zero attached hydrogens (tertiary/aromatic N) is 4. The Balaban J connectivity index is 1.88. The van der Waals surface area contributed by atoms with Crippen molar-refractivity contribution in [3.63, 3.8) is 0 Å². The van der Waals surface area contributed by atoms with Gasteiger partial charge >= 0.3 is 10.4 Å². The molecular formula is C17H20N6O11S2. The number of carbonyl (C=O) groups excluding carboxylic acids is 2. The van der Waals surface area contributed by atoms with E-state index in [1.165, 1.54) is 19.2 Å². The lowest BCUT2D eigenvalue weighted by molar-refractivity contribution is -0.218. The van der Waals surface area contributed by atoms with Gasteiger partial charge in [0.05, 0.1) is 18.3 Å². The molecule has 1 aliphatic heterocycles. The maximum Gasteiger partial charge on any atom is 0.418 e. The molecule has 0 aliphatic carbocycles. The molecule has 36 heavy (non-hydrogen) atoms. The lowest BCUT2D eigenvalue weighted by Crippen LogP contribution is -2.76. The van der Waals surface area contributed by atoms with Gasteiger partial charge < -0.3 is 31.3 Å². The summed E-state index contributed by atoms with van der Waals surface area (Å²) in [5.41, 5.74) is 2.32. The van der Waals surface area contributed by atoms with Crippen molar-refractivity contribution in [2.24, 2.45) is 5.16 Å². The predicted octanol–water partition coefficient (Wildman–Crippen LogP) is -1.88. The second kappa shape index (κ2) is 9.70. The average molecular weight is 549 g/mol. The minimum atomic E-state index is -5.01. The van der Waals surface area contributed by atoms with Crippen LogP contribution >= 0.6 is 11.3 Å². The number of aromatic hydroxyl groups is 1. The van der Waals surface area contributed by atoms with Gasteiger partial charge in [-0.1, -0.05) is 5.16 Å². The number of rotatable bonds is 9. The molecule has 0 bridgehead atoms. The third-order valence-corrected chi connectivity index (χ3v) is 5.92. The molecule has 19 heteroatoms. The van der Waals surface area contributed by atoms with Crippen LogP contribution in [0.25, 0.3) is 0 Å². The van der Waals surface area contributed by atoms with Crippen LogP contribution in [0.1, 0.15) is 31.3 Å². The van der Waals surface area contributed by atoms with Crippen LogP contribution in [0.15, 0.2) is 27.6 Å². The zero-order valence-electron chi connectivity index (χ0n) is 18.4. The highest BCUT2D eigenvalue weighted by Crippen LogP contribution is 2.33. The maximum atomic E-state index is 13.0. The molecule has 2 aromatic rings. The fourth-order valence-electron chi connectivity index (χ4n) is 3.09. The highest BCUT2D eigenvalue weighted by molar-refractivity contribution is 7.80. The van der Waals surface area contributed by atoms with E-state index in [0.717, 1.165) is 17.4 Å². The molecular weight excluding hydrogens is 528 g/mol. The van der Waals surface area contributed by atoms with Crippen LogP contribution < -0.4 is 16.5 Å². The van der Waals surface area contributed by atoms with E-state index in [9.17, 15) is 38.2 Å². The average Bonchev–Trinajstić information content (AvgIpc) is 3.21. The van der Waals surface area contributed by atoms with Gasteiger partial charge in [0, 0.05) is 11.4 Å². The van der Waals surface area contributed by atoms with Crippen molar-refractivity contribution < 1.29 is 47.1 Å². The number of nitrogen functional groups attached to an aromatic ring is 1. The largest absolute Gasteiger partial charge is 0.503 e. The highest BCUT2D eigenvalue weighted by atomic mass is 32.3. The minimum Gasteiger partial charge on any atom is -0.503 e. The van der Waals surface area contributed by atoms with Gasteiger partial charge in [-0.3, -0.25) is 18.9 Å². The van der Waals surface area contributed by atoms with Crippen molar-refractivity contribution in [2.45, 2.75) is 31.5 Å². The number of amides is 2. The van der Waals surface area contributed by atoms with E-state index in [4.69, 9.17) is 15.1 Å². The third kappa shape index (κ3) is 5.39. The first-order chi connectivity index (χ1) is 16.7. The summed E-state index contributed by atoms with van der Waals surface area (Å²) >= 11 is 0.936. The third-order valence-electron chi connectivity index (χ3n) is 4.91. The van der Waals surface area contributed by atoms with Gasteiger partial charge in [-0.25, -0.2) is 4.98 Å².